The van der Waals surface area contributed by atoms with Gasteiger partial charge in [-0.15, -0.1) is 0 Å². The van der Waals surface area contributed by atoms with Crippen LogP contribution in [-0.2, 0) is 14.8 Å². The summed E-state index contributed by atoms with van der Waals surface area (Å²) < 4.78 is 24.9. The number of rotatable bonds is 5. The van der Waals surface area contributed by atoms with Crippen molar-refractivity contribution >= 4 is 16.0 Å². The van der Waals surface area contributed by atoms with Crippen molar-refractivity contribution in [3.63, 3.8) is 0 Å². The van der Waals surface area contributed by atoms with Gasteiger partial charge in [0.15, 0.2) is 11.1 Å². The second-order valence-corrected chi connectivity index (χ2v) is 4.77. The standard InChI is InChI=1S/C7H11N3O5S/c1-4-8-3-6(10-4)16(14,15)9-2-5(11)7(12)13/h3,5,9,11H,2H2,1H3,(H,8,10)(H,12,13)/t5-/m0/s1. The molecule has 0 fully saturated rings. The molecule has 0 spiro atoms. The molecule has 90 valence electrons. The van der Waals surface area contributed by atoms with Crippen molar-refractivity contribution in [1.29, 1.82) is 0 Å². The average Bonchev–Trinajstić information content (AvgIpc) is 2.61. The molecule has 0 aliphatic heterocycles. The van der Waals surface area contributed by atoms with Crippen molar-refractivity contribution < 1.29 is 23.4 Å². The maximum absolute atomic E-state index is 11.5. The van der Waals surface area contributed by atoms with Crippen LogP contribution in [0.1, 0.15) is 5.82 Å². The Bertz CT molecular complexity index is 480. The molecule has 0 unspecified atom stereocenters. The molecule has 0 saturated carbocycles. The Labute approximate surface area is 91.4 Å². The van der Waals surface area contributed by atoms with E-state index in [1.165, 1.54) is 0 Å². The minimum absolute atomic E-state index is 0.178. The lowest BCUT2D eigenvalue weighted by Crippen LogP contribution is -2.36. The second kappa shape index (κ2) is 4.60. The molecule has 1 aromatic rings. The average molecular weight is 249 g/mol. The summed E-state index contributed by atoms with van der Waals surface area (Å²) in [5, 5.41) is 17.1. The summed E-state index contributed by atoms with van der Waals surface area (Å²) >= 11 is 0. The van der Waals surface area contributed by atoms with E-state index in [0.29, 0.717) is 5.82 Å². The number of aromatic nitrogens is 2. The van der Waals surface area contributed by atoms with Gasteiger partial charge in [-0.1, -0.05) is 0 Å². The monoisotopic (exact) mass is 249 g/mol. The Hall–Kier alpha value is -1.45. The molecule has 1 aromatic heterocycles. The number of hydrogen-bond acceptors (Lipinski definition) is 5. The molecule has 9 heteroatoms. The van der Waals surface area contributed by atoms with E-state index in [9.17, 15) is 13.2 Å². The van der Waals surface area contributed by atoms with Crippen molar-refractivity contribution in [3.8, 4) is 0 Å². The van der Waals surface area contributed by atoms with E-state index in [-0.39, 0.29) is 5.03 Å². The molecule has 0 radical (unpaired) electrons. The highest BCUT2D eigenvalue weighted by Gasteiger charge is 2.20. The molecular formula is C7H11N3O5S. The van der Waals surface area contributed by atoms with Crippen LogP contribution in [0, 0.1) is 6.92 Å². The van der Waals surface area contributed by atoms with E-state index in [4.69, 9.17) is 10.2 Å². The Morgan fingerprint density at radius 2 is 2.31 bits per heavy atom. The van der Waals surface area contributed by atoms with Gasteiger partial charge in [0.05, 0.1) is 6.20 Å². The van der Waals surface area contributed by atoms with Gasteiger partial charge in [0.2, 0.25) is 0 Å². The molecule has 0 aromatic carbocycles. The fourth-order valence-corrected chi connectivity index (χ4v) is 1.89. The van der Waals surface area contributed by atoms with Crippen LogP contribution in [0.2, 0.25) is 0 Å². The van der Waals surface area contributed by atoms with E-state index in [1.54, 1.807) is 6.92 Å². The molecule has 8 nitrogen and oxygen atoms in total. The Kier molecular flexibility index (Phi) is 3.62. The largest absolute Gasteiger partial charge is 0.479 e. The van der Waals surface area contributed by atoms with Crippen molar-refractivity contribution in [1.82, 2.24) is 14.7 Å². The predicted molar refractivity (Wildman–Crippen MR) is 52.2 cm³/mol. The number of hydrogen-bond donors (Lipinski definition) is 4. The Balaban J connectivity index is 2.70. The van der Waals surface area contributed by atoms with Crippen LogP contribution < -0.4 is 4.72 Å². The van der Waals surface area contributed by atoms with Gasteiger partial charge in [-0.3, -0.25) is 0 Å². The number of aromatic amines is 1. The van der Waals surface area contributed by atoms with E-state index >= 15 is 0 Å². The summed E-state index contributed by atoms with van der Waals surface area (Å²) in [5.41, 5.74) is 0. The molecular weight excluding hydrogens is 238 g/mol. The maximum atomic E-state index is 11.5. The lowest BCUT2D eigenvalue weighted by atomic mass is 10.4. The molecule has 0 aliphatic carbocycles. The highest BCUT2D eigenvalue weighted by atomic mass is 32.2. The zero-order valence-corrected chi connectivity index (χ0v) is 9.15. The molecule has 1 heterocycles. The number of carboxylic acid groups (broad SMARTS) is 1. The molecule has 4 N–H and O–H groups in total. The van der Waals surface area contributed by atoms with Crippen LogP contribution in [0.15, 0.2) is 11.2 Å². The van der Waals surface area contributed by atoms with Crippen molar-refractivity contribution in [2.75, 3.05) is 6.54 Å². The number of imidazole rings is 1. The predicted octanol–water partition coefficient (Wildman–Crippen LogP) is -1.56. The number of aliphatic hydroxyl groups is 1. The first-order valence-corrected chi connectivity index (χ1v) is 5.73. The zero-order chi connectivity index (χ0) is 12.3. The minimum Gasteiger partial charge on any atom is -0.479 e. The van der Waals surface area contributed by atoms with Gasteiger partial charge in [-0.25, -0.2) is 22.9 Å². The van der Waals surface area contributed by atoms with Crippen LogP contribution >= 0.6 is 0 Å². The number of aliphatic carboxylic acids is 1. The smallest absolute Gasteiger partial charge is 0.333 e. The summed E-state index contributed by atoms with van der Waals surface area (Å²) in [6.45, 7) is 0.973. The first kappa shape index (κ1) is 12.6. The van der Waals surface area contributed by atoms with Gasteiger partial charge in [-0.2, -0.15) is 0 Å². The highest BCUT2D eigenvalue weighted by Crippen LogP contribution is 2.04. The number of aliphatic hydroxyl groups excluding tert-OH is 1. The zero-order valence-electron chi connectivity index (χ0n) is 8.34. The number of H-pyrrole nitrogens is 1. The summed E-state index contributed by atoms with van der Waals surface area (Å²) in [6.07, 6.45) is -0.677. The summed E-state index contributed by atoms with van der Waals surface area (Å²) in [6, 6.07) is 0. The molecule has 16 heavy (non-hydrogen) atoms. The SMILES string of the molecule is Cc1ncc(S(=O)(=O)NC[C@H](O)C(=O)O)[nH]1. The maximum Gasteiger partial charge on any atom is 0.333 e. The van der Waals surface area contributed by atoms with Gasteiger partial charge >= 0.3 is 5.97 Å². The number of carbonyl (C=O) groups is 1. The number of carboxylic acids is 1. The van der Waals surface area contributed by atoms with E-state index in [0.717, 1.165) is 6.20 Å². The van der Waals surface area contributed by atoms with E-state index in [1.807, 2.05) is 4.72 Å². The summed E-state index contributed by atoms with van der Waals surface area (Å²) in [4.78, 5) is 16.4. The van der Waals surface area contributed by atoms with Crippen LogP contribution in [0.25, 0.3) is 0 Å². The third kappa shape index (κ3) is 3.02. The molecule has 0 aliphatic rings. The third-order valence-electron chi connectivity index (χ3n) is 1.72. The number of nitrogens with one attached hydrogen (secondary N) is 2. The van der Waals surface area contributed by atoms with Gasteiger partial charge in [0.1, 0.15) is 5.82 Å². The normalized spacial score (nSPS) is 13.6. The number of nitrogens with zero attached hydrogens (tertiary/aromatic N) is 1. The van der Waals surface area contributed by atoms with Crippen LogP contribution in [0.3, 0.4) is 0 Å². The van der Waals surface area contributed by atoms with Gasteiger partial charge in [0.25, 0.3) is 10.0 Å². The van der Waals surface area contributed by atoms with E-state index < -0.39 is 28.6 Å². The minimum atomic E-state index is -3.86. The fraction of sp³-hybridized carbons (Fsp3) is 0.429. The highest BCUT2D eigenvalue weighted by molar-refractivity contribution is 7.89. The molecule has 1 rings (SSSR count). The molecule has 0 saturated heterocycles. The van der Waals surface area contributed by atoms with Gasteiger partial charge < -0.3 is 15.2 Å². The molecule has 0 amide bonds. The summed E-state index contributed by atoms with van der Waals surface area (Å²) in [7, 11) is -3.86. The first-order valence-electron chi connectivity index (χ1n) is 4.25. The van der Waals surface area contributed by atoms with Gasteiger partial charge in [-0.05, 0) is 6.92 Å². The van der Waals surface area contributed by atoms with Crippen molar-refractivity contribution in [3.05, 3.63) is 12.0 Å². The lowest BCUT2D eigenvalue weighted by Gasteiger charge is -2.06. The van der Waals surface area contributed by atoms with Crippen molar-refractivity contribution in [2.45, 2.75) is 18.1 Å². The van der Waals surface area contributed by atoms with Crippen molar-refractivity contribution in [2.24, 2.45) is 0 Å². The third-order valence-corrected chi connectivity index (χ3v) is 3.05. The fourth-order valence-electron chi connectivity index (χ4n) is 0.889. The Morgan fingerprint density at radius 1 is 1.69 bits per heavy atom. The van der Waals surface area contributed by atoms with Gasteiger partial charge in [0, 0.05) is 6.54 Å². The van der Waals surface area contributed by atoms with Crippen LogP contribution in [-0.4, -0.2) is 47.2 Å². The molecule has 1 atom stereocenters. The van der Waals surface area contributed by atoms with Crippen LogP contribution in [0.4, 0.5) is 0 Å². The molecule has 0 bridgehead atoms. The topological polar surface area (TPSA) is 132 Å². The van der Waals surface area contributed by atoms with Crippen LogP contribution in [0.5, 0.6) is 0 Å². The quantitative estimate of drug-likeness (QED) is 0.499. The Morgan fingerprint density at radius 3 is 2.75 bits per heavy atom. The lowest BCUT2D eigenvalue weighted by molar-refractivity contribution is -0.146. The first-order chi connectivity index (χ1) is 7.33. The number of aryl methyl sites for hydroxylation is 1. The number of sulfonamides is 1. The second-order valence-electron chi connectivity index (χ2n) is 3.04. The summed E-state index contributed by atoms with van der Waals surface area (Å²) in [5.74, 6) is -1.08. The van der Waals surface area contributed by atoms with E-state index in [2.05, 4.69) is 9.97 Å².